The minimum atomic E-state index is -0.304. The summed E-state index contributed by atoms with van der Waals surface area (Å²) in [4.78, 5) is 30.5. The van der Waals surface area contributed by atoms with E-state index in [4.69, 9.17) is 0 Å². The summed E-state index contributed by atoms with van der Waals surface area (Å²) in [6, 6.07) is 5.95. The van der Waals surface area contributed by atoms with E-state index in [1.54, 1.807) is 35.0 Å². The molecule has 0 aliphatic carbocycles. The third kappa shape index (κ3) is 3.92. The minimum Gasteiger partial charge on any atom is -0.345 e. The van der Waals surface area contributed by atoms with Gasteiger partial charge in [0.15, 0.2) is 5.82 Å². The Labute approximate surface area is 152 Å². The first-order valence-electron chi connectivity index (χ1n) is 8.75. The van der Waals surface area contributed by atoms with Crippen molar-refractivity contribution in [3.05, 3.63) is 53.9 Å². The van der Waals surface area contributed by atoms with Crippen LogP contribution in [0.25, 0.3) is 0 Å². The Morgan fingerprint density at radius 3 is 2.85 bits per heavy atom. The Hall–Kier alpha value is -2.70. The molecule has 0 spiro atoms. The first-order valence-corrected chi connectivity index (χ1v) is 8.75. The molecule has 3 rings (SSSR count). The highest BCUT2D eigenvalue weighted by Crippen LogP contribution is 2.22. The highest BCUT2D eigenvalue weighted by molar-refractivity contribution is 5.91. The standard InChI is InChI=1S/C19H23FN4O2/c1-13(25)24-9-4-7-16(22-19(26)18-21-8-10-23(18)2)17(24)12-14-5-3-6-15(20)11-14/h3,5-6,8,10-11,16-17H,4,7,9,12H2,1-2H3,(H,22,26)/t16-,17-/m0/s1. The van der Waals surface area contributed by atoms with Crippen LogP contribution in [0, 0.1) is 5.82 Å². The van der Waals surface area contributed by atoms with E-state index < -0.39 is 0 Å². The second-order valence-electron chi connectivity index (χ2n) is 6.70. The summed E-state index contributed by atoms with van der Waals surface area (Å²) in [6.07, 6.45) is 5.34. The zero-order valence-corrected chi connectivity index (χ0v) is 15.0. The number of carbonyl (C=O) groups excluding carboxylic acids is 2. The predicted octanol–water partition coefficient (Wildman–Crippen LogP) is 1.91. The molecular weight excluding hydrogens is 335 g/mol. The third-order valence-corrected chi connectivity index (χ3v) is 4.86. The summed E-state index contributed by atoms with van der Waals surface area (Å²) in [5.41, 5.74) is 0.805. The quantitative estimate of drug-likeness (QED) is 0.908. The summed E-state index contributed by atoms with van der Waals surface area (Å²) in [6.45, 7) is 2.17. The lowest BCUT2D eigenvalue weighted by Crippen LogP contribution is -2.57. The number of hydrogen-bond acceptors (Lipinski definition) is 3. The van der Waals surface area contributed by atoms with Crippen LogP contribution < -0.4 is 5.32 Å². The second kappa shape index (κ2) is 7.68. The Kier molecular flexibility index (Phi) is 5.35. The highest BCUT2D eigenvalue weighted by atomic mass is 19.1. The molecule has 2 atom stereocenters. The number of nitrogens with one attached hydrogen (secondary N) is 1. The fourth-order valence-electron chi connectivity index (χ4n) is 3.59. The van der Waals surface area contributed by atoms with Crippen molar-refractivity contribution in [2.75, 3.05) is 6.54 Å². The van der Waals surface area contributed by atoms with Gasteiger partial charge in [-0.05, 0) is 37.0 Å². The van der Waals surface area contributed by atoms with Gasteiger partial charge in [0.25, 0.3) is 5.91 Å². The van der Waals surface area contributed by atoms with Crippen LogP contribution in [-0.2, 0) is 18.3 Å². The fourth-order valence-corrected chi connectivity index (χ4v) is 3.59. The number of benzene rings is 1. The van der Waals surface area contributed by atoms with Crippen molar-refractivity contribution in [1.82, 2.24) is 19.8 Å². The summed E-state index contributed by atoms with van der Waals surface area (Å²) in [5, 5.41) is 3.02. The van der Waals surface area contributed by atoms with Crippen LogP contribution in [0.1, 0.15) is 35.9 Å². The average molecular weight is 358 g/mol. The van der Waals surface area contributed by atoms with Crippen molar-refractivity contribution in [3.8, 4) is 0 Å². The van der Waals surface area contributed by atoms with Crippen LogP contribution in [0.3, 0.4) is 0 Å². The van der Waals surface area contributed by atoms with Gasteiger partial charge < -0.3 is 14.8 Å². The molecule has 26 heavy (non-hydrogen) atoms. The van der Waals surface area contributed by atoms with Crippen molar-refractivity contribution in [3.63, 3.8) is 0 Å². The molecule has 1 saturated heterocycles. The van der Waals surface area contributed by atoms with Gasteiger partial charge in [-0.25, -0.2) is 9.37 Å². The van der Waals surface area contributed by atoms with Crippen molar-refractivity contribution < 1.29 is 14.0 Å². The molecule has 1 aliphatic heterocycles. The summed E-state index contributed by atoms with van der Waals surface area (Å²) in [7, 11) is 1.76. The van der Waals surface area contributed by atoms with Crippen molar-refractivity contribution in [1.29, 1.82) is 0 Å². The smallest absolute Gasteiger partial charge is 0.287 e. The van der Waals surface area contributed by atoms with E-state index in [0.29, 0.717) is 18.8 Å². The second-order valence-corrected chi connectivity index (χ2v) is 6.70. The summed E-state index contributed by atoms with van der Waals surface area (Å²) in [5.74, 6) is -0.282. The normalized spacial score (nSPS) is 20.0. The lowest BCUT2D eigenvalue weighted by Gasteiger charge is -2.41. The number of halogens is 1. The highest BCUT2D eigenvalue weighted by Gasteiger charge is 2.34. The molecule has 2 heterocycles. The number of piperidine rings is 1. The van der Waals surface area contributed by atoms with E-state index in [1.165, 1.54) is 19.1 Å². The maximum Gasteiger partial charge on any atom is 0.287 e. The number of nitrogens with zero attached hydrogens (tertiary/aromatic N) is 3. The Bertz CT molecular complexity index is 804. The zero-order chi connectivity index (χ0) is 18.7. The molecule has 2 amide bonds. The van der Waals surface area contributed by atoms with Gasteiger partial charge in [0.1, 0.15) is 5.82 Å². The number of carbonyl (C=O) groups is 2. The third-order valence-electron chi connectivity index (χ3n) is 4.86. The maximum atomic E-state index is 13.6. The monoisotopic (exact) mass is 358 g/mol. The van der Waals surface area contributed by atoms with E-state index in [2.05, 4.69) is 10.3 Å². The molecule has 2 aromatic rings. The van der Waals surface area contributed by atoms with Crippen LogP contribution in [0.5, 0.6) is 0 Å². The maximum absolute atomic E-state index is 13.6. The Balaban J connectivity index is 1.82. The molecule has 0 radical (unpaired) electrons. The number of likely N-dealkylation sites (tertiary alicyclic amines) is 1. The molecule has 1 fully saturated rings. The largest absolute Gasteiger partial charge is 0.345 e. The molecular formula is C19H23FN4O2. The summed E-state index contributed by atoms with van der Waals surface area (Å²) >= 11 is 0. The van der Waals surface area contributed by atoms with E-state index in [-0.39, 0.29) is 29.7 Å². The molecule has 138 valence electrons. The van der Waals surface area contributed by atoms with Gasteiger partial charge in [-0.1, -0.05) is 12.1 Å². The molecule has 0 bridgehead atoms. The molecule has 1 aromatic heterocycles. The van der Waals surface area contributed by atoms with Crippen LogP contribution in [0.15, 0.2) is 36.7 Å². The van der Waals surface area contributed by atoms with Crippen LogP contribution >= 0.6 is 0 Å². The van der Waals surface area contributed by atoms with Gasteiger partial charge in [-0.2, -0.15) is 0 Å². The average Bonchev–Trinajstić information content (AvgIpc) is 3.02. The number of aryl methyl sites for hydroxylation is 1. The van der Waals surface area contributed by atoms with Gasteiger partial charge in [-0.15, -0.1) is 0 Å². The van der Waals surface area contributed by atoms with Gasteiger partial charge in [-0.3, -0.25) is 9.59 Å². The minimum absolute atomic E-state index is 0.0395. The van der Waals surface area contributed by atoms with Crippen molar-refractivity contribution >= 4 is 11.8 Å². The molecule has 6 nitrogen and oxygen atoms in total. The number of hydrogen-bond donors (Lipinski definition) is 1. The van der Waals surface area contributed by atoms with E-state index >= 15 is 0 Å². The van der Waals surface area contributed by atoms with Gasteiger partial charge in [0.2, 0.25) is 5.91 Å². The van der Waals surface area contributed by atoms with E-state index in [1.807, 2.05) is 6.07 Å². The van der Waals surface area contributed by atoms with Crippen LogP contribution in [0.4, 0.5) is 4.39 Å². The molecule has 0 unspecified atom stereocenters. The van der Waals surface area contributed by atoms with Crippen molar-refractivity contribution in [2.45, 2.75) is 38.3 Å². The lowest BCUT2D eigenvalue weighted by atomic mass is 9.90. The predicted molar refractivity (Wildman–Crippen MR) is 95.0 cm³/mol. The van der Waals surface area contributed by atoms with Crippen molar-refractivity contribution in [2.24, 2.45) is 7.05 Å². The number of imidazole rings is 1. The number of rotatable bonds is 4. The molecule has 7 heteroatoms. The van der Waals surface area contributed by atoms with Crippen LogP contribution in [-0.4, -0.2) is 44.9 Å². The Morgan fingerprint density at radius 1 is 1.38 bits per heavy atom. The Morgan fingerprint density at radius 2 is 2.19 bits per heavy atom. The van der Waals surface area contributed by atoms with Gasteiger partial charge >= 0.3 is 0 Å². The molecule has 1 N–H and O–H groups in total. The zero-order valence-electron chi connectivity index (χ0n) is 15.0. The first-order chi connectivity index (χ1) is 12.5. The number of amides is 2. The van der Waals surface area contributed by atoms with Crippen LogP contribution in [0.2, 0.25) is 0 Å². The molecule has 0 saturated carbocycles. The fraction of sp³-hybridized carbons (Fsp3) is 0.421. The molecule has 1 aliphatic rings. The lowest BCUT2D eigenvalue weighted by molar-refractivity contribution is -0.133. The number of aromatic nitrogens is 2. The van der Waals surface area contributed by atoms with E-state index in [9.17, 15) is 14.0 Å². The van der Waals surface area contributed by atoms with Gasteiger partial charge in [0, 0.05) is 32.9 Å². The summed E-state index contributed by atoms with van der Waals surface area (Å²) < 4.78 is 15.2. The van der Waals surface area contributed by atoms with Gasteiger partial charge in [0.05, 0.1) is 12.1 Å². The topological polar surface area (TPSA) is 67.2 Å². The molecule has 1 aromatic carbocycles. The SMILES string of the molecule is CC(=O)N1CCC[C@H](NC(=O)c2nccn2C)[C@@H]1Cc1cccc(F)c1. The first kappa shape index (κ1) is 18.1. The van der Waals surface area contributed by atoms with E-state index in [0.717, 1.165) is 18.4 Å².